The number of pyridine rings is 1. The van der Waals surface area contributed by atoms with Crippen LogP contribution in [0.15, 0.2) is 41.7 Å². The van der Waals surface area contributed by atoms with Gasteiger partial charge < -0.3 is 9.72 Å². The summed E-state index contributed by atoms with van der Waals surface area (Å²) in [6.07, 6.45) is 5.95. The molecule has 2 atom stereocenters. The van der Waals surface area contributed by atoms with Crippen LogP contribution in [0, 0.1) is 5.92 Å². The predicted octanol–water partition coefficient (Wildman–Crippen LogP) is 5.03. The molecular weight excluding hydrogens is 370 g/mol. The Morgan fingerprint density at radius 2 is 2.04 bits per heavy atom. The minimum absolute atomic E-state index is 0.326. The molecule has 2 aromatic heterocycles. The number of rotatable bonds is 10. The van der Waals surface area contributed by atoms with E-state index in [1.807, 2.05) is 30.3 Å². The van der Waals surface area contributed by atoms with Gasteiger partial charge in [0.25, 0.3) is 0 Å². The Morgan fingerprint density at radius 3 is 2.79 bits per heavy atom. The van der Waals surface area contributed by atoms with E-state index in [2.05, 4.69) is 35.7 Å². The molecule has 150 valence electrons. The summed E-state index contributed by atoms with van der Waals surface area (Å²) in [7, 11) is -1.29. The SMILES string of the molecule is CCc1c(OCCCC(C)CC)ccnc1CS(=O)c1nc2ccccc2[nH]1. The molecule has 0 spiro atoms. The molecule has 0 radical (unpaired) electrons. The average Bonchev–Trinajstić information content (AvgIpc) is 3.15. The van der Waals surface area contributed by atoms with Crippen LogP contribution in [-0.2, 0) is 23.0 Å². The molecule has 3 rings (SSSR count). The second-order valence-corrected chi connectivity index (χ2v) is 8.51. The smallest absolute Gasteiger partial charge is 0.197 e. The summed E-state index contributed by atoms with van der Waals surface area (Å²) < 4.78 is 18.9. The number of fused-ring (bicyclic) bond motifs is 1. The summed E-state index contributed by atoms with van der Waals surface area (Å²) in [6.45, 7) is 7.28. The fraction of sp³-hybridized carbons (Fsp3) is 0.455. The number of aromatic amines is 1. The van der Waals surface area contributed by atoms with Crippen molar-refractivity contribution >= 4 is 21.8 Å². The van der Waals surface area contributed by atoms with Crippen LogP contribution < -0.4 is 4.74 Å². The van der Waals surface area contributed by atoms with Crippen LogP contribution >= 0.6 is 0 Å². The summed E-state index contributed by atoms with van der Waals surface area (Å²) >= 11 is 0. The zero-order valence-electron chi connectivity index (χ0n) is 16.9. The van der Waals surface area contributed by atoms with Gasteiger partial charge in [-0.05, 0) is 43.4 Å². The maximum Gasteiger partial charge on any atom is 0.197 e. The molecule has 0 fully saturated rings. The largest absolute Gasteiger partial charge is 0.493 e. The van der Waals surface area contributed by atoms with Crippen molar-refractivity contribution in [2.75, 3.05) is 6.61 Å². The van der Waals surface area contributed by atoms with E-state index in [1.165, 1.54) is 12.8 Å². The monoisotopic (exact) mass is 399 g/mol. The zero-order chi connectivity index (χ0) is 19.9. The van der Waals surface area contributed by atoms with E-state index >= 15 is 0 Å². The molecule has 0 aliphatic carbocycles. The lowest BCUT2D eigenvalue weighted by Gasteiger charge is -2.14. The highest BCUT2D eigenvalue weighted by Gasteiger charge is 2.16. The highest BCUT2D eigenvalue weighted by atomic mass is 32.2. The first-order chi connectivity index (χ1) is 13.6. The molecule has 0 bridgehead atoms. The molecule has 3 aromatic rings. The number of nitrogens with one attached hydrogen (secondary N) is 1. The number of aromatic nitrogens is 3. The van der Waals surface area contributed by atoms with Gasteiger partial charge in [-0.15, -0.1) is 0 Å². The fourth-order valence-electron chi connectivity index (χ4n) is 3.20. The van der Waals surface area contributed by atoms with Gasteiger partial charge >= 0.3 is 0 Å². The lowest BCUT2D eigenvalue weighted by molar-refractivity contribution is 0.291. The van der Waals surface area contributed by atoms with Crippen molar-refractivity contribution in [1.82, 2.24) is 15.0 Å². The first-order valence-electron chi connectivity index (χ1n) is 10.0. The molecule has 0 saturated carbocycles. The van der Waals surface area contributed by atoms with Crippen LogP contribution in [0.5, 0.6) is 5.75 Å². The number of para-hydroxylation sites is 2. The second-order valence-electron chi connectivity index (χ2n) is 7.14. The Labute approximate surface area is 169 Å². The van der Waals surface area contributed by atoms with Crippen molar-refractivity contribution in [3.63, 3.8) is 0 Å². The van der Waals surface area contributed by atoms with Crippen molar-refractivity contribution in [2.45, 2.75) is 57.4 Å². The molecule has 2 heterocycles. The topological polar surface area (TPSA) is 67.9 Å². The highest BCUT2D eigenvalue weighted by Crippen LogP contribution is 2.24. The molecule has 0 aliphatic heterocycles. The molecular formula is C22H29N3O2S. The van der Waals surface area contributed by atoms with Crippen LogP contribution in [0.1, 0.15) is 51.3 Å². The third kappa shape index (κ3) is 4.98. The molecule has 2 unspecified atom stereocenters. The van der Waals surface area contributed by atoms with E-state index in [4.69, 9.17) is 4.74 Å². The van der Waals surface area contributed by atoms with E-state index < -0.39 is 10.8 Å². The lowest BCUT2D eigenvalue weighted by atomic mass is 10.0. The molecule has 0 saturated heterocycles. The summed E-state index contributed by atoms with van der Waals surface area (Å²) in [5, 5.41) is 0.491. The number of benzene rings is 1. The van der Waals surface area contributed by atoms with E-state index in [0.29, 0.717) is 17.5 Å². The quantitative estimate of drug-likeness (QED) is 0.485. The van der Waals surface area contributed by atoms with Crippen molar-refractivity contribution in [3.05, 3.63) is 47.8 Å². The number of H-pyrrole nitrogens is 1. The van der Waals surface area contributed by atoms with Gasteiger partial charge in [0.15, 0.2) is 5.16 Å². The van der Waals surface area contributed by atoms with Crippen LogP contribution in [0.2, 0.25) is 0 Å². The van der Waals surface area contributed by atoms with E-state index in [0.717, 1.165) is 46.8 Å². The number of imidazole rings is 1. The van der Waals surface area contributed by atoms with E-state index in [-0.39, 0.29) is 0 Å². The Kier molecular flexibility index (Phi) is 7.20. The minimum Gasteiger partial charge on any atom is -0.493 e. The number of nitrogens with zero attached hydrogens (tertiary/aromatic N) is 2. The van der Waals surface area contributed by atoms with Gasteiger partial charge in [0, 0.05) is 11.8 Å². The highest BCUT2D eigenvalue weighted by molar-refractivity contribution is 7.84. The van der Waals surface area contributed by atoms with E-state index in [1.54, 1.807) is 6.20 Å². The number of ether oxygens (including phenoxy) is 1. The molecule has 28 heavy (non-hydrogen) atoms. The first-order valence-corrected chi connectivity index (χ1v) is 11.4. The molecule has 6 heteroatoms. The third-order valence-electron chi connectivity index (χ3n) is 5.10. The van der Waals surface area contributed by atoms with Crippen LogP contribution in [0.25, 0.3) is 11.0 Å². The number of hydrogen-bond donors (Lipinski definition) is 1. The summed E-state index contributed by atoms with van der Waals surface area (Å²) in [5.74, 6) is 1.92. The Hall–Kier alpha value is -2.21. The summed E-state index contributed by atoms with van der Waals surface area (Å²) in [4.78, 5) is 12.1. The third-order valence-corrected chi connectivity index (χ3v) is 6.26. The molecule has 5 nitrogen and oxygen atoms in total. The summed E-state index contributed by atoms with van der Waals surface area (Å²) in [6, 6.07) is 9.62. The number of hydrogen-bond acceptors (Lipinski definition) is 4. The standard InChI is InChI=1S/C22H29N3O2S/c1-4-16(3)9-8-14-27-21-12-13-23-20(17(21)5-2)15-28(26)22-24-18-10-6-7-11-19(18)25-22/h6-7,10-13,16H,4-5,8-9,14-15H2,1-3H3,(H,24,25). The van der Waals surface area contributed by atoms with Gasteiger partial charge in [-0.3, -0.25) is 9.19 Å². The normalized spacial score (nSPS) is 13.5. The van der Waals surface area contributed by atoms with Gasteiger partial charge in [0.05, 0.1) is 39.9 Å². The van der Waals surface area contributed by atoms with Crippen molar-refractivity contribution in [2.24, 2.45) is 5.92 Å². The Bertz CT molecular complexity index is 905. The van der Waals surface area contributed by atoms with E-state index in [9.17, 15) is 4.21 Å². The first kappa shape index (κ1) is 20.5. The zero-order valence-corrected chi connectivity index (χ0v) is 17.7. The van der Waals surface area contributed by atoms with Crippen LogP contribution in [0.4, 0.5) is 0 Å². The lowest BCUT2D eigenvalue weighted by Crippen LogP contribution is -2.08. The average molecular weight is 400 g/mol. The van der Waals surface area contributed by atoms with Crippen molar-refractivity contribution in [1.29, 1.82) is 0 Å². The predicted molar refractivity (Wildman–Crippen MR) is 114 cm³/mol. The van der Waals surface area contributed by atoms with Crippen LogP contribution in [0.3, 0.4) is 0 Å². The summed E-state index contributed by atoms with van der Waals surface area (Å²) in [5.41, 5.74) is 3.58. The van der Waals surface area contributed by atoms with Crippen molar-refractivity contribution in [3.8, 4) is 5.75 Å². The minimum atomic E-state index is -1.29. The second kappa shape index (κ2) is 9.82. The molecule has 1 aromatic carbocycles. The Balaban J connectivity index is 1.70. The van der Waals surface area contributed by atoms with Gasteiger partial charge in [-0.2, -0.15) is 0 Å². The maximum absolute atomic E-state index is 12.9. The van der Waals surface area contributed by atoms with Gasteiger partial charge in [-0.25, -0.2) is 4.98 Å². The van der Waals surface area contributed by atoms with Gasteiger partial charge in [0.2, 0.25) is 0 Å². The van der Waals surface area contributed by atoms with Crippen LogP contribution in [-0.4, -0.2) is 25.8 Å². The van der Waals surface area contributed by atoms with Gasteiger partial charge in [-0.1, -0.05) is 39.3 Å². The molecule has 1 N–H and O–H groups in total. The molecule has 0 aliphatic rings. The molecule has 0 amide bonds. The van der Waals surface area contributed by atoms with Crippen molar-refractivity contribution < 1.29 is 8.95 Å². The maximum atomic E-state index is 12.9. The Morgan fingerprint density at radius 1 is 1.21 bits per heavy atom. The van der Waals surface area contributed by atoms with Gasteiger partial charge in [0.1, 0.15) is 5.75 Å². The fourth-order valence-corrected chi connectivity index (χ4v) is 4.26.